The molecule has 0 amide bonds. The average molecular weight is 966 g/mol. The van der Waals surface area contributed by atoms with Crippen molar-refractivity contribution in [3.63, 3.8) is 0 Å². The molecule has 0 heterocycles. The summed E-state index contributed by atoms with van der Waals surface area (Å²) in [6.45, 7) is 6.54. The topological polar surface area (TPSA) is 78.9 Å². The van der Waals surface area contributed by atoms with Crippen molar-refractivity contribution in [2.75, 3.05) is 13.2 Å². The van der Waals surface area contributed by atoms with Gasteiger partial charge < -0.3 is 14.2 Å². The van der Waals surface area contributed by atoms with Crippen LogP contribution in [0.1, 0.15) is 303 Å². The molecule has 0 radical (unpaired) electrons. The van der Waals surface area contributed by atoms with Gasteiger partial charge in [0.05, 0.1) is 0 Å². The van der Waals surface area contributed by atoms with E-state index in [0.29, 0.717) is 19.3 Å². The molecule has 0 fully saturated rings. The van der Waals surface area contributed by atoms with Crippen LogP contribution in [0.25, 0.3) is 0 Å². The predicted molar refractivity (Wildman–Crippen MR) is 298 cm³/mol. The lowest BCUT2D eigenvalue weighted by Crippen LogP contribution is -2.30. The van der Waals surface area contributed by atoms with Crippen LogP contribution in [0.2, 0.25) is 0 Å². The molecule has 0 aromatic carbocycles. The van der Waals surface area contributed by atoms with Gasteiger partial charge in [-0.15, -0.1) is 0 Å². The SMILES string of the molecule is CC/C=C\C/C=C\C/C=C\CCCCCCCCCC(=O)OC(COC(=O)CCCCCCCCC/C=C\C/C=C\CCCCCC)COC(=O)CCCCCCCCCCCCCCCCCC. The van der Waals surface area contributed by atoms with Gasteiger partial charge in [-0.05, 0) is 83.5 Å². The normalized spacial score (nSPS) is 12.4. The van der Waals surface area contributed by atoms with Crippen LogP contribution >= 0.6 is 0 Å². The second-order valence-electron chi connectivity index (χ2n) is 19.9. The smallest absolute Gasteiger partial charge is 0.306 e. The van der Waals surface area contributed by atoms with Crippen molar-refractivity contribution in [1.29, 1.82) is 0 Å². The van der Waals surface area contributed by atoms with E-state index in [0.717, 1.165) is 96.3 Å². The first kappa shape index (κ1) is 66.1. The number of rotatable bonds is 54. The molecule has 6 heteroatoms. The van der Waals surface area contributed by atoms with Crippen molar-refractivity contribution in [3.05, 3.63) is 60.8 Å². The van der Waals surface area contributed by atoms with E-state index in [2.05, 4.69) is 81.5 Å². The van der Waals surface area contributed by atoms with Gasteiger partial charge in [-0.1, -0.05) is 261 Å². The Hall–Kier alpha value is -2.89. The van der Waals surface area contributed by atoms with Gasteiger partial charge in [-0.2, -0.15) is 0 Å². The van der Waals surface area contributed by atoms with E-state index in [1.165, 1.54) is 167 Å². The predicted octanol–water partition coefficient (Wildman–Crippen LogP) is 20.0. The number of hydrogen-bond donors (Lipinski definition) is 0. The summed E-state index contributed by atoms with van der Waals surface area (Å²) in [4.78, 5) is 38.2. The minimum Gasteiger partial charge on any atom is -0.462 e. The summed E-state index contributed by atoms with van der Waals surface area (Å²) in [5.41, 5.74) is 0. The van der Waals surface area contributed by atoms with Crippen molar-refractivity contribution in [1.82, 2.24) is 0 Å². The van der Waals surface area contributed by atoms with Crippen molar-refractivity contribution in [2.24, 2.45) is 0 Å². The Morgan fingerprint density at radius 1 is 0.304 bits per heavy atom. The number of ether oxygens (including phenoxy) is 3. The van der Waals surface area contributed by atoms with Crippen LogP contribution in [-0.2, 0) is 28.6 Å². The quantitative estimate of drug-likeness (QED) is 0.0262. The first-order chi connectivity index (χ1) is 34.0. The molecule has 0 aliphatic heterocycles. The first-order valence-corrected chi connectivity index (χ1v) is 29.8. The maximum atomic E-state index is 12.9. The fourth-order valence-electron chi connectivity index (χ4n) is 8.55. The molecule has 6 nitrogen and oxygen atoms in total. The maximum absolute atomic E-state index is 12.9. The fourth-order valence-corrected chi connectivity index (χ4v) is 8.55. The molecule has 0 saturated carbocycles. The van der Waals surface area contributed by atoms with Gasteiger partial charge in [-0.25, -0.2) is 0 Å². The summed E-state index contributed by atoms with van der Waals surface area (Å²) in [5, 5.41) is 0. The molecule has 0 aliphatic carbocycles. The standard InChI is InChI=1S/C63H112O6/c1-4-7-10-13-16-19-22-25-28-31-33-35-38-41-44-47-50-53-56-62(65)68-59-60(58-67-61(64)55-52-49-46-43-40-37-34-30-27-24-21-18-15-12-9-6-3)69-63(66)57-54-51-48-45-42-39-36-32-29-26-23-20-17-14-11-8-5-2/h8,11,17,19-20,22,26,28-29,31,60H,4-7,9-10,12-16,18,21,23-25,27,30,32-59H2,1-3H3/b11-8-,20-17-,22-19-,29-26-,31-28-. The molecule has 0 aliphatic rings. The summed E-state index contributed by atoms with van der Waals surface area (Å²) in [5.74, 6) is -0.881. The van der Waals surface area contributed by atoms with Crippen molar-refractivity contribution in [2.45, 2.75) is 309 Å². The summed E-state index contributed by atoms with van der Waals surface area (Å²) in [6, 6.07) is 0. The van der Waals surface area contributed by atoms with E-state index >= 15 is 0 Å². The highest BCUT2D eigenvalue weighted by Gasteiger charge is 2.19. The zero-order valence-electron chi connectivity index (χ0n) is 45.8. The summed E-state index contributed by atoms with van der Waals surface area (Å²) in [7, 11) is 0. The van der Waals surface area contributed by atoms with Crippen molar-refractivity contribution in [3.8, 4) is 0 Å². The number of allylic oxidation sites excluding steroid dienone is 10. The molecular formula is C63H112O6. The average Bonchev–Trinajstić information content (AvgIpc) is 3.35. The van der Waals surface area contributed by atoms with Gasteiger partial charge in [0.2, 0.25) is 0 Å². The van der Waals surface area contributed by atoms with Gasteiger partial charge in [0.25, 0.3) is 0 Å². The number of hydrogen-bond acceptors (Lipinski definition) is 6. The minimum absolute atomic E-state index is 0.0781. The Balaban J connectivity index is 4.38. The zero-order valence-corrected chi connectivity index (χ0v) is 45.8. The molecule has 0 bridgehead atoms. The Labute approximate surface area is 428 Å². The highest BCUT2D eigenvalue weighted by Crippen LogP contribution is 2.16. The van der Waals surface area contributed by atoms with Crippen LogP contribution in [0.4, 0.5) is 0 Å². The molecule has 0 aromatic heterocycles. The molecule has 69 heavy (non-hydrogen) atoms. The van der Waals surface area contributed by atoms with E-state index < -0.39 is 6.10 Å². The Kier molecular flexibility index (Phi) is 55.3. The van der Waals surface area contributed by atoms with Gasteiger partial charge in [0.15, 0.2) is 6.10 Å². The van der Waals surface area contributed by atoms with Crippen LogP contribution < -0.4 is 0 Å². The second kappa shape index (κ2) is 57.7. The Morgan fingerprint density at radius 2 is 0.565 bits per heavy atom. The number of esters is 3. The monoisotopic (exact) mass is 965 g/mol. The molecule has 400 valence electrons. The minimum atomic E-state index is -0.782. The molecule has 0 aromatic rings. The van der Waals surface area contributed by atoms with Gasteiger partial charge in [0, 0.05) is 19.3 Å². The number of carbonyl (C=O) groups is 3. The maximum Gasteiger partial charge on any atom is 0.306 e. The summed E-state index contributed by atoms with van der Waals surface area (Å²) in [6.07, 6.45) is 72.1. The zero-order chi connectivity index (χ0) is 50.0. The van der Waals surface area contributed by atoms with Gasteiger partial charge in [0.1, 0.15) is 13.2 Å². The van der Waals surface area contributed by atoms with Gasteiger partial charge >= 0.3 is 17.9 Å². The summed E-state index contributed by atoms with van der Waals surface area (Å²) < 4.78 is 16.9. The molecule has 0 spiro atoms. The third-order valence-electron chi connectivity index (χ3n) is 13.0. The fraction of sp³-hybridized carbons (Fsp3) is 0.794. The van der Waals surface area contributed by atoms with E-state index in [9.17, 15) is 14.4 Å². The largest absolute Gasteiger partial charge is 0.462 e. The van der Waals surface area contributed by atoms with E-state index in [-0.39, 0.29) is 31.1 Å². The van der Waals surface area contributed by atoms with Crippen molar-refractivity contribution >= 4 is 17.9 Å². The molecule has 1 unspecified atom stereocenters. The Bertz CT molecular complexity index is 1250. The third kappa shape index (κ3) is 55.9. The molecular weight excluding hydrogens is 853 g/mol. The van der Waals surface area contributed by atoms with Crippen LogP contribution in [0.5, 0.6) is 0 Å². The van der Waals surface area contributed by atoms with E-state index in [1.54, 1.807) is 0 Å². The number of carbonyl (C=O) groups excluding carboxylic acids is 3. The molecule has 1 atom stereocenters. The van der Waals surface area contributed by atoms with Gasteiger partial charge in [-0.3, -0.25) is 14.4 Å². The highest BCUT2D eigenvalue weighted by atomic mass is 16.6. The van der Waals surface area contributed by atoms with E-state index in [1.807, 2.05) is 0 Å². The van der Waals surface area contributed by atoms with Crippen molar-refractivity contribution < 1.29 is 28.6 Å². The lowest BCUT2D eigenvalue weighted by Gasteiger charge is -2.18. The lowest BCUT2D eigenvalue weighted by atomic mass is 10.0. The highest BCUT2D eigenvalue weighted by molar-refractivity contribution is 5.71. The number of unbranched alkanes of at least 4 members (excludes halogenated alkanes) is 33. The van der Waals surface area contributed by atoms with E-state index in [4.69, 9.17) is 14.2 Å². The Morgan fingerprint density at radius 3 is 0.899 bits per heavy atom. The third-order valence-corrected chi connectivity index (χ3v) is 13.0. The van der Waals surface area contributed by atoms with Crippen LogP contribution in [0.15, 0.2) is 60.8 Å². The molecule has 0 N–H and O–H groups in total. The lowest BCUT2D eigenvalue weighted by molar-refractivity contribution is -0.167. The van der Waals surface area contributed by atoms with Crippen LogP contribution in [0, 0.1) is 0 Å². The van der Waals surface area contributed by atoms with Crippen LogP contribution in [-0.4, -0.2) is 37.2 Å². The summed E-state index contributed by atoms with van der Waals surface area (Å²) >= 11 is 0. The first-order valence-electron chi connectivity index (χ1n) is 29.8. The molecule has 0 rings (SSSR count). The molecule has 0 saturated heterocycles. The van der Waals surface area contributed by atoms with Crippen LogP contribution in [0.3, 0.4) is 0 Å². The second-order valence-corrected chi connectivity index (χ2v) is 19.9.